The molecule has 0 aromatic carbocycles. The van der Waals surface area contributed by atoms with E-state index in [1.807, 2.05) is 0 Å². The first kappa shape index (κ1) is 13.5. The van der Waals surface area contributed by atoms with Gasteiger partial charge in [-0.25, -0.2) is 0 Å². The van der Waals surface area contributed by atoms with E-state index in [1.54, 1.807) is 0 Å². The van der Waals surface area contributed by atoms with Crippen LogP contribution >= 0.6 is 0 Å². The van der Waals surface area contributed by atoms with Crippen molar-refractivity contribution in [2.45, 2.75) is 57.6 Å². The Labute approximate surface area is 97.9 Å². The molecule has 16 heavy (non-hydrogen) atoms. The lowest BCUT2D eigenvalue weighted by Gasteiger charge is -2.28. The normalized spacial score (nSPS) is 25.4. The third kappa shape index (κ3) is 4.94. The van der Waals surface area contributed by atoms with Crippen molar-refractivity contribution in [2.75, 3.05) is 13.2 Å². The molecular weight excluding hydrogens is 204 g/mol. The number of hydrogen-bond acceptors (Lipinski definition) is 3. The Morgan fingerprint density at radius 3 is 2.88 bits per heavy atom. The highest BCUT2D eigenvalue weighted by molar-refractivity contribution is 5.77. The molecule has 2 unspecified atom stereocenters. The number of hydrogen-bond donors (Lipinski definition) is 2. The van der Waals surface area contributed by atoms with E-state index in [-0.39, 0.29) is 24.7 Å². The molecule has 4 heteroatoms. The quantitative estimate of drug-likeness (QED) is 0.671. The molecule has 1 saturated carbocycles. The number of rotatable bonds is 6. The number of nitrogens with one attached hydrogen (secondary N) is 1. The van der Waals surface area contributed by atoms with Crippen molar-refractivity contribution >= 4 is 5.91 Å². The maximum atomic E-state index is 11.4. The van der Waals surface area contributed by atoms with E-state index in [0.717, 1.165) is 38.6 Å². The van der Waals surface area contributed by atoms with Crippen LogP contribution in [0, 0.1) is 0 Å². The lowest BCUT2D eigenvalue weighted by atomic mass is 9.93. The average molecular weight is 228 g/mol. The van der Waals surface area contributed by atoms with Gasteiger partial charge in [0.2, 0.25) is 5.91 Å². The molecule has 0 saturated heterocycles. The molecule has 0 aromatic heterocycles. The molecule has 0 radical (unpaired) electrons. The van der Waals surface area contributed by atoms with Crippen LogP contribution in [0.25, 0.3) is 0 Å². The Morgan fingerprint density at radius 1 is 1.44 bits per heavy atom. The first-order chi connectivity index (χ1) is 7.74. The summed E-state index contributed by atoms with van der Waals surface area (Å²) in [7, 11) is 0. The van der Waals surface area contributed by atoms with Crippen molar-refractivity contribution in [1.82, 2.24) is 5.32 Å². The van der Waals surface area contributed by atoms with Gasteiger partial charge >= 0.3 is 0 Å². The largest absolute Gasteiger partial charge is 0.367 e. The van der Waals surface area contributed by atoms with Crippen LogP contribution in [0.2, 0.25) is 0 Å². The highest BCUT2D eigenvalue weighted by Gasteiger charge is 2.22. The zero-order chi connectivity index (χ0) is 11.8. The minimum atomic E-state index is -0.0220. The molecule has 1 fully saturated rings. The van der Waals surface area contributed by atoms with Gasteiger partial charge in [-0.3, -0.25) is 4.79 Å². The first-order valence-corrected chi connectivity index (χ1v) is 6.38. The second-order valence-corrected chi connectivity index (χ2v) is 4.50. The maximum absolute atomic E-state index is 11.4. The fraction of sp³-hybridized carbons (Fsp3) is 0.917. The number of amides is 1. The van der Waals surface area contributed by atoms with E-state index in [0.29, 0.717) is 0 Å². The molecule has 0 aliphatic heterocycles. The standard InChI is InChI=1S/C12H24N2O2/c1-2-3-8-14-12(15)9-16-11-7-5-4-6-10(11)13/h10-11H,2-9,13H2,1H3,(H,14,15). The van der Waals surface area contributed by atoms with E-state index in [4.69, 9.17) is 10.5 Å². The smallest absolute Gasteiger partial charge is 0.246 e. The molecule has 0 aromatic rings. The lowest BCUT2D eigenvalue weighted by molar-refractivity contribution is -0.128. The van der Waals surface area contributed by atoms with E-state index < -0.39 is 0 Å². The van der Waals surface area contributed by atoms with Crippen LogP contribution in [0.4, 0.5) is 0 Å². The van der Waals surface area contributed by atoms with Gasteiger partial charge in [-0.2, -0.15) is 0 Å². The molecule has 4 nitrogen and oxygen atoms in total. The highest BCUT2D eigenvalue weighted by atomic mass is 16.5. The van der Waals surface area contributed by atoms with Crippen LogP contribution in [0.3, 0.4) is 0 Å². The van der Waals surface area contributed by atoms with Crippen molar-refractivity contribution in [1.29, 1.82) is 0 Å². The van der Waals surface area contributed by atoms with Crippen molar-refractivity contribution in [3.05, 3.63) is 0 Å². The van der Waals surface area contributed by atoms with Crippen molar-refractivity contribution in [3.8, 4) is 0 Å². The first-order valence-electron chi connectivity index (χ1n) is 6.38. The van der Waals surface area contributed by atoms with Crippen molar-refractivity contribution in [3.63, 3.8) is 0 Å². The van der Waals surface area contributed by atoms with Gasteiger partial charge in [-0.15, -0.1) is 0 Å². The SMILES string of the molecule is CCCCNC(=O)COC1CCCCC1N. The summed E-state index contributed by atoms with van der Waals surface area (Å²) >= 11 is 0. The summed E-state index contributed by atoms with van der Waals surface area (Å²) in [6.07, 6.45) is 6.54. The number of nitrogens with two attached hydrogens (primary N) is 1. The third-order valence-electron chi connectivity index (χ3n) is 3.03. The Balaban J connectivity index is 2.10. The van der Waals surface area contributed by atoms with Crippen LogP contribution in [0.15, 0.2) is 0 Å². The molecule has 1 rings (SSSR count). The Morgan fingerprint density at radius 2 is 2.19 bits per heavy atom. The lowest BCUT2D eigenvalue weighted by Crippen LogP contribution is -2.41. The van der Waals surface area contributed by atoms with Gasteiger partial charge in [0.05, 0.1) is 6.10 Å². The molecule has 1 amide bonds. The number of carbonyl (C=O) groups excluding carboxylic acids is 1. The molecule has 2 atom stereocenters. The topological polar surface area (TPSA) is 64.3 Å². The van der Waals surface area contributed by atoms with Crippen molar-refractivity contribution < 1.29 is 9.53 Å². The van der Waals surface area contributed by atoms with Gasteiger partial charge in [-0.1, -0.05) is 26.2 Å². The summed E-state index contributed by atoms with van der Waals surface area (Å²) in [5, 5.41) is 2.83. The second kappa shape index (κ2) is 7.63. The summed E-state index contributed by atoms with van der Waals surface area (Å²) in [5.41, 5.74) is 5.93. The van der Waals surface area contributed by atoms with Gasteiger partial charge < -0.3 is 15.8 Å². The van der Waals surface area contributed by atoms with E-state index in [9.17, 15) is 4.79 Å². The fourth-order valence-electron chi connectivity index (χ4n) is 1.97. The van der Waals surface area contributed by atoms with Gasteiger partial charge in [0.25, 0.3) is 0 Å². The van der Waals surface area contributed by atoms with Crippen LogP contribution in [-0.2, 0) is 9.53 Å². The maximum Gasteiger partial charge on any atom is 0.246 e. The highest BCUT2D eigenvalue weighted by Crippen LogP contribution is 2.19. The number of carbonyl (C=O) groups is 1. The third-order valence-corrected chi connectivity index (χ3v) is 3.03. The molecule has 0 bridgehead atoms. The fourth-order valence-corrected chi connectivity index (χ4v) is 1.97. The minimum Gasteiger partial charge on any atom is -0.367 e. The number of ether oxygens (including phenoxy) is 1. The Bertz CT molecular complexity index is 209. The Kier molecular flexibility index (Phi) is 6.42. The van der Waals surface area contributed by atoms with Gasteiger partial charge in [-0.05, 0) is 19.3 Å². The Hall–Kier alpha value is -0.610. The van der Waals surface area contributed by atoms with Crippen LogP contribution in [0.1, 0.15) is 45.4 Å². The molecule has 94 valence electrons. The second-order valence-electron chi connectivity index (χ2n) is 4.50. The number of unbranched alkanes of at least 4 members (excludes halogenated alkanes) is 1. The minimum absolute atomic E-state index is 0.0220. The molecule has 0 spiro atoms. The predicted octanol–water partition coefficient (Wildman–Crippen LogP) is 1.19. The van der Waals surface area contributed by atoms with E-state index in [1.165, 1.54) is 6.42 Å². The average Bonchev–Trinajstić information content (AvgIpc) is 2.28. The molecule has 1 aliphatic rings. The van der Waals surface area contributed by atoms with Crippen LogP contribution < -0.4 is 11.1 Å². The zero-order valence-corrected chi connectivity index (χ0v) is 10.2. The van der Waals surface area contributed by atoms with Crippen LogP contribution in [0.5, 0.6) is 0 Å². The van der Waals surface area contributed by atoms with Gasteiger partial charge in [0.1, 0.15) is 6.61 Å². The predicted molar refractivity (Wildman–Crippen MR) is 64.1 cm³/mol. The van der Waals surface area contributed by atoms with Crippen molar-refractivity contribution in [2.24, 2.45) is 5.73 Å². The zero-order valence-electron chi connectivity index (χ0n) is 10.2. The van der Waals surface area contributed by atoms with E-state index >= 15 is 0 Å². The summed E-state index contributed by atoms with van der Waals surface area (Å²) in [6.45, 7) is 3.00. The summed E-state index contributed by atoms with van der Waals surface area (Å²) < 4.78 is 5.55. The molecule has 0 heterocycles. The van der Waals surface area contributed by atoms with Gasteiger partial charge in [0.15, 0.2) is 0 Å². The van der Waals surface area contributed by atoms with Gasteiger partial charge in [0, 0.05) is 12.6 Å². The molecular formula is C12H24N2O2. The summed E-state index contributed by atoms with van der Waals surface area (Å²) in [5.74, 6) is -0.0220. The summed E-state index contributed by atoms with van der Waals surface area (Å²) in [4.78, 5) is 11.4. The molecule has 3 N–H and O–H groups in total. The monoisotopic (exact) mass is 228 g/mol. The molecule has 1 aliphatic carbocycles. The van der Waals surface area contributed by atoms with Crippen LogP contribution in [-0.4, -0.2) is 31.2 Å². The summed E-state index contributed by atoms with van der Waals surface area (Å²) in [6, 6.07) is 0.109. The van der Waals surface area contributed by atoms with E-state index in [2.05, 4.69) is 12.2 Å².